The normalized spacial score (nSPS) is 10.5. The highest BCUT2D eigenvalue weighted by atomic mass is 79.9. The van der Waals surface area contributed by atoms with Crippen LogP contribution in [0.2, 0.25) is 0 Å². The Hall–Kier alpha value is -1.61. The number of Topliss-reactive ketones (excluding diaryl/α,β-unsaturated/α-hetero) is 1. The van der Waals surface area contributed by atoms with Crippen molar-refractivity contribution in [3.8, 4) is 5.75 Å². The molecule has 0 aliphatic carbocycles. The highest BCUT2D eigenvalue weighted by Crippen LogP contribution is 2.26. The smallest absolute Gasteiger partial charge is 0.200 e. The largest absolute Gasteiger partial charge is 0.484 e. The second-order valence-electron chi connectivity index (χ2n) is 5.42. The van der Waals surface area contributed by atoms with Crippen LogP contribution in [0.3, 0.4) is 0 Å². The second-order valence-corrected chi connectivity index (χ2v) is 6.27. The minimum Gasteiger partial charge on any atom is -0.484 e. The summed E-state index contributed by atoms with van der Waals surface area (Å²) in [6.45, 7) is 8.03. The number of hydrogen-bond acceptors (Lipinski definition) is 2. The molecule has 0 atom stereocenters. The van der Waals surface area contributed by atoms with Gasteiger partial charge in [-0.1, -0.05) is 23.8 Å². The van der Waals surface area contributed by atoms with Crippen molar-refractivity contribution in [2.75, 3.05) is 6.61 Å². The fourth-order valence-corrected chi connectivity index (χ4v) is 3.17. The number of benzene rings is 2. The molecule has 0 N–H and O–H groups in total. The van der Waals surface area contributed by atoms with E-state index in [2.05, 4.69) is 15.9 Å². The van der Waals surface area contributed by atoms with E-state index in [0.29, 0.717) is 5.75 Å². The predicted molar refractivity (Wildman–Crippen MR) is 89.4 cm³/mol. The minimum atomic E-state index is 0.0116. The Balaban J connectivity index is 2.16. The van der Waals surface area contributed by atoms with E-state index >= 15 is 0 Å². The first-order valence-electron chi connectivity index (χ1n) is 6.88. The monoisotopic (exact) mass is 346 g/mol. The van der Waals surface area contributed by atoms with Gasteiger partial charge in [0, 0.05) is 5.56 Å². The van der Waals surface area contributed by atoms with Crippen molar-refractivity contribution >= 4 is 21.7 Å². The molecule has 0 amide bonds. The second kappa shape index (κ2) is 6.44. The summed E-state index contributed by atoms with van der Waals surface area (Å²) in [4.78, 5) is 12.4. The van der Waals surface area contributed by atoms with Crippen LogP contribution in [0.25, 0.3) is 0 Å². The average molecular weight is 347 g/mol. The van der Waals surface area contributed by atoms with Crippen molar-refractivity contribution in [2.24, 2.45) is 0 Å². The number of hydrogen-bond donors (Lipinski definition) is 0. The van der Waals surface area contributed by atoms with Gasteiger partial charge in [-0.05, 0) is 72.4 Å². The Kier molecular flexibility index (Phi) is 4.84. The van der Waals surface area contributed by atoms with Crippen LogP contribution in [-0.2, 0) is 0 Å². The first-order chi connectivity index (χ1) is 9.88. The first kappa shape index (κ1) is 15.8. The van der Waals surface area contributed by atoms with Gasteiger partial charge in [0.15, 0.2) is 6.61 Å². The van der Waals surface area contributed by atoms with Crippen LogP contribution in [-0.4, -0.2) is 12.4 Å². The van der Waals surface area contributed by atoms with E-state index < -0.39 is 0 Å². The van der Waals surface area contributed by atoms with Crippen molar-refractivity contribution in [3.63, 3.8) is 0 Å². The Morgan fingerprint density at radius 2 is 1.62 bits per heavy atom. The molecule has 110 valence electrons. The van der Waals surface area contributed by atoms with E-state index in [9.17, 15) is 4.79 Å². The molecule has 0 aliphatic heterocycles. The molecule has 0 saturated carbocycles. The molecule has 2 rings (SSSR count). The number of ketones is 1. The van der Waals surface area contributed by atoms with Crippen molar-refractivity contribution in [1.29, 1.82) is 0 Å². The highest BCUT2D eigenvalue weighted by Gasteiger charge is 2.14. The number of rotatable bonds is 4. The molecule has 0 spiro atoms. The number of halogens is 1. The highest BCUT2D eigenvalue weighted by molar-refractivity contribution is 9.10. The summed E-state index contributed by atoms with van der Waals surface area (Å²) in [5.74, 6) is 0.703. The third kappa shape index (κ3) is 3.73. The molecule has 2 aromatic rings. The Labute approximate surface area is 134 Å². The Morgan fingerprint density at radius 3 is 2.19 bits per heavy atom. The molecule has 0 aliphatic rings. The van der Waals surface area contributed by atoms with Crippen molar-refractivity contribution in [2.45, 2.75) is 27.7 Å². The maximum absolute atomic E-state index is 12.4. The van der Waals surface area contributed by atoms with Crippen LogP contribution in [0.5, 0.6) is 5.75 Å². The zero-order valence-corrected chi connectivity index (χ0v) is 14.4. The summed E-state index contributed by atoms with van der Waals surface area (Å²) in [6, 6.07) is 9.88. The van der Waals surface area contributed by atoms with Gasteiger partial charge in [-0.15, -0.1) is 0 Å². The standard InChI is InChI=1S/C18H19BrO2/c1-11-5-6-17(15(19)9-11)21-10-16(20)18-13(3)7-12(2)8-14(18)4/h5-9H,10H2,1-4H3. The van der Waals surface area contributed by atoms with Crippen LogP contribution >= 0.6 is 15.9 Å². The van der Waals surface area contributed by atoms with Gasteiger partial charge in [-0.25, -0.2) is 0 Å². The van der Waals surface area contributed by atoms with Gasteiger partial charge in [0.25, 0.3) is 0 Å². The number of carbonyl (C=O) groups is 1. The summed E-state index contributed by atoms with van der Waals surface area (Å²) in [5, 5.41) is 0. The molecule has 0 aromatic heterocycles. The van der Waals surface area contributed by atoms with Crippen LogP contribution in [0.1, 0.15) is 32.6 Å². The topological polar surface area (TPSA) is 26.3 Å². The van der Waals surface area contributed by atoms with Gasteiger partial charge >= 0.3 is 0 Å². The van der Waals surface area contributed by atoms with Crippen LogP contribution in [0.4, 0.5) is 0 Å². The summed E-state index contributed by atoms with van der Waals surface area (Å²) in [7, 11) is 0. The van der Waals surface area contributed by atoms with Gasteiger partial charge in [0.2, 0.25) is 5.78 Å². The zero-order chi connectivity index (χ0) is 15.6. The average Bonchev–Trinajstić information content (AvgIpc) is 2.36. The zero-order valence-electron chi connectivity index (χ0n) is 12.8. The van der Waals surface area contributed by atoms with Crippen molar-refractivity contribution in [1.82, 2.24) is 0 Å². The molecule has 0 saturated heterocycles. The van der Waals surface area contributed by atoms with E-state index in [1.165, 1.54) is 5.56 Å². The molecule has 21 heavy (non-hydrogen) atoms. The minimum absolute atomic E-state index is 0.0116. The third-order valence-electron chi connectivity index (χ3n) is 3.40. The fraction of sp³-hybridized carbons (Fsp3) is 0.278. The molecule has 0 heterocycles. The number of aryl methyl sites for hydroxylation is 4. The maximum atomic E-state index is 12.4. The van der Waals surface area contributed by atoms with E-state index in [1.807, 2.05) is 58.0 Å². The lowest BCUT2D eigenvalue weighted by Gasteiger charge is -2.12. The third-order valence-corrected chi connectivity index (χ3v) is 4.02. The number of ether oxygens (including phenoxy) is 1. The summed E-state index contributed by atoms with van der Waals surface area (Å²) < 4.78 is 6.52. The molecular formula is C18H19BrO2. The molecule has 3 heteroatoms. The Morgan fingerprint density at radius 1 is 1.00 bits per heavy atom. The molecule has 2 aromatic carbocycles. The summed E-state index contributed by atoms with van der Waals surface area (Å²) in [5.41, 5.74) is 5.09. The van der Waals surface area contributed by atoms with E-state index in [0.717, 1.165) is 26.7 Å². The lowest BCUT2D eigenvalue weighted by molar-refractivity contribution is 0.0920. The molecular weight excluding hydrogens is 328 g/mol. The Bertz CT molecular complexity index is 667. The molecule has 0 bridgehead atoms. The SMILES string of the molecule is Cc1cc(C)c(C(=O)COc2ccc(C)cc2Br)c(C)c1. The summed E-state index contributed by atoms with van der Waals surface area (Å²) in [6.07, 6.45) is 0. The van der Waals surface area contributed by atoms with Crippen molar-refractivity contribution < 1.29 is 9.53 Å². The molecule has 0 fully saturated rings. The summed E-state index contributed by atoms with van der Waals surface area (Å²) >= 11 is 3.46. The van der Waals surface area contributed by atoms with Crippen LogP contribution in [0.15, 0.2) is 34.8 Å². The predicted octanol–water partition coefficient (Wildman–Crippen LogP) is 4.94. The van der Waals surface area contributed by atoms with Gasteiger partial charge in [0.1, 0.15) is 5.75 Å². The fourth-order valence-electron chi connectivity index (χ4n) is 2.56. The van der Waals surface area contributed by atoms with Gasteiger partial charge in [-0.3, -0.25) is 4.79 Å². The number of carbonyl (C=O) groups excluding carboxylic acids is 1. The van der Waals surface area contributed by atoms with Crippen LogP contribution in [0, 0.1) is 27.7 Å². The maximum Gasteiger partial charge on any atom is 0.200 e. The van der Waals surface area contributed by atoms with E-state index in [-0.39, 0.29) is 12.4 Å². The lowest BCUT2D eigenvalue weighted by Crippen LogP contribution is -2.14. The van der Waals surface area contributed by atoms with Gasteiger partial charge in [0.05, 0.1) is 4.47 Å². The van der Waals surface area contributed by atoms with Gasteiger partial charge < -0.3 is 4.74 Å². The quantitative estimate of drug-likeness (QED) is 0.732. The lowest BCUT2D eigenvalue weighted by atomic mass is 9.97. The molecule has 2 nitrogen and oxygen atoms in total. The molecule has 0 unspecified atom stereocenters. The molecule has 0 radical (unpaired) electrons. The van der Waals surface area contributed by atoms with E-state index in [4.69, 9.17) is 4.74 Å². The van der Waals surface area contributed by atoms with E-state index in [1.54, 1.807) is 0 Å². The first-order valence-corrected chi connectivity index (χ1v) is 7.68. The van der Waals surface area contributed by atoms with Crippen LogP contribution < -0.4 is 4.74 Å². The van der Waals surface area contributed by atoms with Gasteiger partial charge in [-0.2, -0.15) is 0 Å². The van der Waals surface area contributed by atoms with Crippen molar-refractivity contribution in [3.05, 3.63) is 62.6 Å².